The second-order valence-corrected chi connectivity index (χ2v) is 10.7. The predicted octanol–water partition coefficient (Wildman–Crippen LogP) is 3.08. The first-order valence-corrected chi connectivity index (χ1v) is 13.4. The third-order valence-electron chi connectivity index (χ3n) is 6.17. The van der Waals surface area contributed by atoms with Crippen LogP contribution < -0.4 is 14.4 Å². The van der Waals surface area contributed by atoms with Crippen LogP contribution in [0.4, 0.5) is 10.1 Å². The van der Waals surface area contributed by atoms with Gasteiger partial charge in [-0.25, -0.2) is 12.8 Å². The third kappa shape index (κ3) is 6.94. The van der Waals surface area contributed by atoms with Crippen molar-refractivity contribution in [1.82, 2.24) is 10.2 Å². The number of hydrogen-bond acceptors (Lipinski definition) is 5. The van der Waals surface area contributed by atoms with E-state index in [1.807, 2.05) is 0 Å². The number of ether oxygens (including phenoxy) is 1. The first-order valence-electron chi connectivity index (χ1n) is 11.5. The van der Waals surface area contributed by atoms with Crippen molar-refractivity contribution in [3.05, 3.63) is 59.9 Å². The largest absolute Gasteiger partial charge is 0.495 e. The number of nitrogens with one attached hydrogen (secondary N) is 1. The topological polar surface area (TPSA) is 96.0 Å². The highest BCUT2D eigenvalue weighted by atomic mass is 32.2. The first kappa shape index (κ1) is 26.5. The van der Waals surface area contributed by atoms with E-state index in [9.17, 15) is 22.4 Å². The summed E-state index contributed by atoms with van der Waals surface area (Å²) < 4.78 is 45.0. The van der Waals surface area contributed by atoms with Crippen molar-refractivity contribution in [2.45, 2.75) is 51.2 Å². The molecule has 10 heteroatoms. The Labute approximate surface area is 206 Å². The predicted molar refractivity (Wildman–Crippen MR) is 132 cm³/mol. The number of methoxy groups -OCH3 is 1. The molecule has 1 fully saturated rings. The minimum Gasteiger partial charge on any atom is -0.495 e. The van der Waals surface area contributed by atoms with Gasteiger partial charge in [0.05, 0.1) is 19.1 Å². The number of halogens is 1. The van der Waals surface area contributed by atoms with E-state index in [0.29, 0.717) is 11.3 Å². The Morgan fingerprint density at radius 3 is 2.34 bits per heavy atom. The van der Waals surface area contributed by atoms with Crippen molar-refractivity contribution in [3.8, 4) is 5.75 Å². The molecule has 1 aliphatic carbocycles. The normalized spacial score (nSPS) is 14.9. The monoisotopic (exact) mass is 505 g/mol. The van der Waals surface area contributed by atoms with Gasteiger partial charge in [0.25, 0.3) is 0 Å². The van der Waals surface area contributed by atoms with Gasteiger partial charge in [0, 0.05) is 12.6 Å². The molecule has 1 atom stereocenters. The summed E-state index contributed by atoms with van der Waals surface area (Å²) in [7, 11) is -2.45. The van der Waals surface area contributed by atoms with Gasteiger partial charge in [-0.15, -0.1) is 0 Å². The van der Waals surface area contributed by atoms with Crippen molar-refractivity contribution in [1.29, 1.82) is 0 Å². The maximum Gasteiger partial charge on any atom is 0.244 e. The van der Waals surface area contributed by atoms with E-state index in [-0.39, 0.29) is 24.2 Å². The summed E-state index contributed by atoms with van der Waals surface area (Å²) in [6.45, 7) is 1.10. The van der Waals surface area contributed by atoms with E-state index in [4.69, 9.17) is 4.74 Å². The molecule has 0 saturated heterocycles. The molecule has 0 heterocycles. The van der Waals surface area contributed by atoms with Crippen LogP contribution in [0, 0.1) is 5.82 Å². The van der Waals surface area contributed by atoms with Crippen LogP contribution >= 0.6 is 0 Å². The molecular weight excluding hydrogens is 473 g/mol. The van der Waals surface area contributed by atoms with Gasteiger partial charge in [0.2, 0.25) is 21.8 Å². The molecule has 0 spiro atoms. The summed E-state index contributed by atoms with van der Waals surface area (Å²) in [5.41, 5.74) is 0.833. The van der Waals surface area contributed by atoms with Crippen LogP contribution in [0.25, 0.3) is 0 Å². The summed E-state index contributed by atoms with van der Waals surface area (Å²) in [6.07, 6.45) is 4.87. The lowest BCUT2D eigenvalue weighted by Gasteiger charge is -2.32. The molecule has 0 bridgehead atoms. The smallest absolute Gasteiger partial charge is 0.244 e. The van der Waals surface area contributed by atoms with Crippen molar-refractivity contribution in [2.24, 2.45) is 0 Å². The quantitative estimate of drug-likeness (QED) is 0.535. The maximum atomic E-state index is 13.6. The van der Waals surface area contributed by atoms with Crippen LogP contribution in [0.1, 0.15) is 38.2 Å². The highest BCUT2D eigenvalue weighted by molar-refractivity contribution is 7.92. The minimum absolute atomic E-state index is 0.0158. The fourth-order valence-corrected chi connectivity index (χ4v) is 5.04. The van der Waals surface area contributed by atoms with E-state index in [0.717, 1.165) is 36.2 Å². The number of hydrogen-bond donors (Lipinski definition) is 1. The Kier molecular flexibility index (Phi) is 8.71. The Bertz CT molecular complexity index is 1130. The lowest BCUT2D eigenvalue weighted by Crippen LogP contribution is -2.52. The van der Waals surface area contributed by atoms with E-state index >= 15 is 0 Å². The number of carbonyl (C=O) groups excluding carboxylic acids is 2. The van der Waals surface area contributed by atoms with Gasteiger partial charge in [0.15, 0.2) is 0 Å². The maximum absolute atomic E-state index is 13.6. The fourth-order valence-electron chi connectivity index (χ4n) is 4.19. The highest BCUT2D eigenvalue weighted by Gasteiger charge is 2.32. The van der Waals surface area contributed by atoms with Crippen LogP contribution in [0.3, 0.4) is 0 Å². The van der Waals surface area contributed by atoms with Gasteiger partial charge < -0.3 is 15.0 Å². The average Bonchev–Trinajstić information content (AvgIpc) is 3.34. The number of anilines is 1. The summed E-state index contributed by atoms with van der Waals surface area (Å²) in [5.74, 6) is -1.00. The zero-order chi connectivity index (χ0) is 25.6. The molecule has 190 valence electrons. The molecule has 2 aromatic carbocycles. The van der Waals surface area contributed by atoms with Crippen molar-refractivity contribution < 1.29 is 27.1 Å². The van der Waals surface area contributed by atoms with Crippen molar-refractivity contribution in [3.63, 3.8) is 0 Å². The molecule has 35 heavy (non-hydrogen) atoms. The lowest BCUT2D eigenvalue weighted by molar-refractivity contribution is -0.139. The van der Waals surface area contributed by atoms with Crippen LogP contribution in [-0.4, -0.2) is 57.1 Å². The Morgan fingerprint density at radius 2 is 1.74 bits per heavy atom. The highest BCUT2D eigenvalue weighted by Crippen LogP contribution is 2.29. The Balaban J connectivity index is 1.89. The summed E-state index contributed by atoms with van der Waals surface area (Å²) in [5, 5.41) is 3.00. The van der Waals surface area contributed by atoms with E-state index in [1.165, 1.54) is 36.3 Å². The molecule has 0 radical (unpaired) electrons. The number of nitrogens with zero attached hydrogens (tertiary/aromatic N) is 2. The molecule has 1 aliphatic rings. The van der Waals surface area contributed by atoms with E-state index in [2.05, 4.69) is 5.32 Å². The number of para-hydroxylation sites is 2. The zero-order valence-electron chi connectivity index (χ0n) is 20.2. The molecular formula is C25H32FN3O5S. The second-order valence-electron chi connectivity index (χ2n) is 8.76. The molecule has 0 aliphatic heterocycles. The van der Waals surface area contributed by atoms with Crippen molar-refractivity contribution in [2.75, 3.05) is 24.2 Å². The fraction of sp³-hybridized carbons (Fsp3) is 0.440. The molecule has 1 saturated carbocycles. The molecule has 2 aromatic rings. The van der Waals surface area contributed by atoms with Crippen LogP contribution in [0.2, 0.25) is 0 Å². The number of sulfonamides is 1. The standard InChI is InChI=1S/C25H32FN3O5S/c1-18(25(31)27-21-8-4-5-9-21)28(16-19-12-14-20(26)15-13-19)24(30)17-29(35(3,32)33)22-10-6-7-11-23(22)34-2/h6-7,10-15,18,21H,4-5,8-9,16-17H2,1-3H3,(H,27,31)/t18-/m1/s1. The van der Waals surface area contributed by atoms with Gasteiger partial charge >= 0.3 is 0 Å². The number of rotatable bonds is 10. The average molecular weight is 506 g/mol. The molecule has 8 nitrogen and oxygen atoms in total. The molecule has 0 aromatic heterocycles. The Morgan fingerprint density at radius 1 is 1.11 bits per heavy atom. The minimum atomic E-state index is -3.87. The van der Waals surface area contributed by atoms with Crippen LogP contribution in [0.15, 0.2) is 48.5 Å². The Hall–Kier alpha value is -3.14. The van der Waals surface area contributed by atoms with Crippen molar-refractivity contribution >= 4 is 27.5 Å². The molecule has 1 N–H and O–H groups in total. The van der Waals surface area contributed by atoms with Gasteiger partial charge in [-0.2, -0.15) is 0 Å². The van der Waals surface area contributed by atoms with Gasteiger partial charge in [-0.3, -0.25) is 13.9 Å². The van der Waals surface area contributed by atoms with Gasteiger partial charge in [-0.1, -0.05) is 37.1 Å². The first-order chi connectivity index (χ1) is 16.6. The lowest BCUT2D eigenvalue weighted by atomic mass is 10.1. The van der Waals surface area contributed by atoms with Crippen LogP contribution in [0.5, 0.6) is 5.75 Å². The number of carbonyl (C=O) groups is 2. The van der Waals surface area contributed by atoms with Gasteiger partial charge in [0.1, 0.15) is 24.2 Å². The molecule has 3 rings (SSSR count). The van der Waals surface area contributed by atoms with Gasteiger partial charge in [-0.05, 0) is 49.6 Å². The SMILES string of the molecule is COc1ccccc1N(CC(=O)N(Cc1ccc(F)cc1)[C@H](C)C(=O)NC1CCCC1)S(C)(=O)=O. The summed E-state index contributed by atoms with van der Waals surface area (Å²) >= 11 is 0. The number of amides is 2. The van der Waals surface area contributed by atoms with E-state index in [1.54, 1.807) is 31.2 Å². The van der Waals surface area contributed by atoms with Crippen LogP contribution in [-0.2, 0) is 26.2 Å². The van der Waals surface area contributed by atoms with E-state index < -0.39 is 34.3 Å². The number of benzene rings is 2. The third-order valence-corrected chi connectivity index (χ3v) is 7.29. The molecule has 2 amide bonds. The summed E-state index contributed by atoms with van der Waals surface area (Å²) in [4.78, 5) is 27.9. The summed E-state index contributed by atoms with van der Waals surface area (Å²) in [6, 6.07) is 11.3. The molecule has 0 unspecified atom stereocenters. The second kappa shape index (κ2) is 11.5. The zero-order valence-corrected chi connectivity index (χ0v) is 21.1.